The van der Waals surface area contributed by atoms with Crippen LogP contribution >= 0.6 is 0 Å². The van der Waals surface area contributed by atoms with Crippen molar-refractivity contribution >= 4 is 11.7 Å². The number of hydrogen-bond acceptors (Lipinski definition) is 7. The summed E-state index contributed by atoms with van der Waals surface area (Å²) >= 11 is 0. The molecule has 0 bridgehead atoms. The molecule has 146 valence electrons. The minimum atomic E-state index is -0.282. The number of aromatic nitrogens is 3. The highest BCUT2D eigenvalue weighted by Crippen LogP contribution is 2.23. The molecule has 2 aromatic rings. The third-order valence-electron chi connectivity index (χ3n) is 4.65. The third-order valence-corrected chi connectivity index (χ3v) is 4.65. The van der Waals surface area contributed by atoms with Gasteiger partial charge in [-0.3, -0.25) is 4.79 Å². The highest BCUT2D eigenvalue weighted by atomic mass is 16.5. The lowest BCUT2D eigenvalue weighted by atomic mass is 9.90. The summed E-state index contributed by atoms with van der Waals surface area (Å²) in [4.78, 5) is 25.1. The lowest BCUT2D eigenvalue weighted by molar-refractivity contribution is -0.132. The van der Waals surface area contributed by atoms with Gasteiger partial charge in [-0.1, -0.05) is 25.9 Å². The van der Waals surface area contributed by atoms with Gasteiger partial charge in [-0.05, 0) is 24.0 Å². The number of hydrogen-bond donors (Lipinski definition) is 1. The van der Waals surface area contributed by atoms with Crippen molar-refractivity contribution in [3.63, 3.8) is 0 Å². The molecule has 3 rings (SSSR count). The summed E-state index contributed by atoms with van der Waals surface area (Å²) in [7, 11) is 0. The number of carbonyl (C=O) groups excluding carboxylic acids is 1. The highest BCUT2D eigenvalue weighted by Gasteiger charge is 2.23. The smallest absolute Gasteiger partial charge is 0.252 e. The van der Waals surface area contributed by atoms with Gasteiger partial charge in [0, 0.05) is 44.4 Å². The maximum Gasteiger partial charge on any atom is 0.252 e. The molecule has 27 heavy (non-hydrogen) atoms. The molecule has 0 aliphatic carbocycles. The van der Waals surface area contributed by atoms with Crippen molar-refractivity contribution in [3.05, 3.63) is 24.2 Å². The number of aliphatic hydroxyl groups excluding tert-OH is 1. The van der Waals surface area contributed by atoms with Crippen molar-refractivity contribution in [2.75, 3.05) is 31.1 Å². The fourth-order valence-corrected chi connectivity index (χ4v) is 2.99. The van der Waals surface area contributed by atoms with Crippen molar-refractivity contribution < 1.29 is 14.4 Å². The molecule has 8 heteroatoms. The van der Waals surface area contributed by atoms with Crippen LogP contribution in [0.4, 0.5) is 5.82 Å². The van der Waals surface area contributed by atoms with E-state index in [1.165, 1.54) is 0 Å². The van der Waals surface area contributed by atoms with Crippen molar-refractivity contribution in [1.29, 1.82) is 0 Å². The Morgan fingerprint density at radius 3 is 2.63 bits per heavy atom. The van der Waals surface area contributed by atoms with E-state index in [0.29, 0.717) is 25.3 Å². The van der Waals surface area contributed by atoms with E-state index in [9.17, 15) is 4.79 Å². The van der Waals surface area contributed by atoms with Crippen LogP contribution in [0, 0.1) is 5.41 Å². The molecule has 0 unspecified atom stereocenters. The Hall–Kier alpha value is -2.48. The molecule has 1 aliphatic rings. The standard InChI is InChI=1S/C19H27N5O3/c1-19(2,3)6-4-17(26)24-10-8-23(9-11-24)15-12-14(5-7-20-15)18-21-16(13-25)27-22-18/h5,7,12,25H,4,6,8-11,13H2,1-3H3. The second-order valence-electron chi connectivity index (χ2n) is 8.00. The molecule has 3 heterocycles. The molecule has 1 aliphatic heterocycles. The Morgan fingerprint density at radius 1 is 1.26 bits per heavy atom. The lowest BCUT2D eigenvalue weighted by Gasteiger charge is -2.36. The molecular weight excluding hydrogens is 346 g/mol. The van der Waals surface area contributed by atoms with Gasteiger partial charge in [0.15, 0.2) is 0 Å². The molecule has 1 fully saturated rings. The molecule has 0 radical (unpaired) electrons. The van der Waals surface area contributed by atoms with Gasteiger partial charge in [0.05, 0.1) is 0 Å². The molecule has 8 nitrogen and oxygen atoms in total. The predicted molar refractivity (Wildman–Crippen MR) is 101 cm³/mol. The minimum absolute atomic E-state index is 0.173. The number of aliphatic hydroxyl groups is 1. The third kappa shape index (κ3) is 5.03. The zero-order chi connectivity index (χ0) is 19.4. The molecule has 2 aromatic heterocycles. The zero-order valence-electron chi connectivity index (χ0n) is 16.2. The number of anilines is 1. The van der Waals surface area contributed by atoms with E-state index in [1.807, 2.05) is 17.0 Å². The summed E-state index contributed by atoms with van der Waals surface area (Å²) in [6.45, 7) is 9.07. The Bertz CT molecular complexity index is 776. The maximum atomic E-state index is 12.4. The topological polar surface area (TPSA) is 95.6 Å². The fraction of sp³-hybridized carbons (Fsp3) is 0.579. The second-order valence-corrected chi connectivity index (χ2v) is 8.00. The van der Waals surface area contributed by atoms with Gasteiger partial charge in [-0.2, -0.15) is 4.98 Å². The van der Waals surface area contributed by atoms with Crippen LogP contribution < -0.4 is 4.90 Å². The van der Waals surface area contributed by atoms with Crippen LogP contribution in [0.25, 0.3) is 11.4 Å². The number of carbonyl (C=O) groups is 1. The van der Waals surface area contributed by atoms with E-state index in [1.54, 1.807) is 6.20 Å². The van der Waals surface area contributed by atoms with Gasteiger partial charge in [0.2, 0.25) is 11.7 Å². The van der Waals surface area contributed by atoms with Gasteiger partial charge in [0.1, 0.15) is 12.4 Å². The molecular formula is C19H27N5O3. The predicted octanol–water partition coefficient (Wildman–Crippen LogP) is 2.10. The number of pyridine rings is 1. The van der Waals surface area contributed by atoms with Crippen molar-refractivity contribution in [2.24, 2.45) is 5.41 Å². The van der Waals surface area contributed by atoms with Crippen molar-refractivity contribution in [1.82, 2.24) is 20.0 Å². The monoisotopic (exact) mass is 373 g/mol. The zero-order valence-corrected chi connectivity index (χ0v) is 16.2. The van der Waals surface area contributed by atoms with Gasteiger partial charge >= 0.3 is 0 Å². The Balaban J connectivity index is 1.59. The first-order valence-electron chi connectivity index (χ1n) is 9.28. The van der Waals surface area contributed by atoms with Crippen LogP contribution in [0.3, 0.4) is 0 Å². The van der Waals surface area contributed by atoms with Crippen LogP contribution in [0.15, 0.2) is 22.9 Å². The maximum absolute atomic E-state index is 12.4. The largest absolute Gasteiger partial charge is 0.387 e. The average Bonchev–Trinajstić information content (AvgIpc) is 3.15. The highest BCUT2D eigenvalue weighted by molar-refractivity contribution is 5.76. The molecule has 0 atom stereocenters. The summed E-state index contributed by atoms with van der Waals surface area (Å²) in [5.41, 5.74) is 0.958. The van der Waals surface area contributed by atoms with Gasteiger partial charge in [-0.25, -0.2) is 4.98 Å². The van der Waals surface area contributed by atoms with Crippen molar-refractivity contribution in [3.8, 4) is 11.4 Å². The van der Waals surface area contributed by atoms with E-state index in [-0.39, 0.29) is 23.8 Å². The normalized spacial score (nSPS) is 15.3. The Labute approximate surface area is 159 Å². The van der Waals surface area contributed by atoms with E-state index < -0.39 is 0 Å². The average molecular weight is 373 g/mol. The van der Waals surface area contributed by atoms with Crippen LogP contribution in [0.2, 0.25) is 0 Å². The summed E-state index contributed by atoms with van der Waals surface area (Å²) in [6, 6.07) is 3.71. The first-order valence-corrected chi connectivity index (χ1v) is 9.28. The molecule has 1 saturated heterocycles. The second kappa shape index (κ2) is 8.04. The van der Waals surface area contributed by atoms with Crippen LogP contribution in [-0.4, -0.2) is 57.2 Å². The Morgan fingerprint density at radius 2 is 2.00 bits per heavy atom. The van der Waals surface area contributed by atoms with Crippen LogP contribution in [0.5, 0.6) is 0 Å². The van der Waals surface area contributed by atoms with Crippen LogP contribution in [0.1, 0.15) is 39.5 Å². The van der Waals surface area contributed by atoms with E-state index >= 15 is 0 Å². The van der Waals surface area contributed by atoms with E-state index in [0.717, 1.165) is 30.9 Å². The summed E-state index contributed by atoms with van der Waals surface area (Å²) in [5, 5.41) is 12.9. The van der Waals surface area contributed by atoms with Gasteiger partial charge in [0.25, 0.3) is 5.89 Å². The first-order chi connectivity index (χ1) is 12.9. The summed E-state index contributed by atoms with van der Waals surface area (Å²) < 4.78 is 4.95. The molecule has 0 aromatic carbocycles. The van der Waals surface area contributed by atoms with Crippen LogP contribution in [-0.2, 0) is 11.4 Å². The van der Waals surface area contributed by atoms with Crippen molar-refractivity contribution in [2.45, 2.75) is 40.2 Å². The van der Waals surface area contributed by atoms with Gasteiger partial charge < -0.3 is 19.4 Å². The van der Waals surface area contributed by atoms with E-state index in [4.69, 9.17) is 9.63 Å². The Kier molecular flexibility index (Phi) is 5.74. The van der Waals surface area contributed by atoms with E-state index in [2.05, 4.69) is 40.8 Å². The number of amides is 1. The SMILES string of the molecule is CC(C)(C)CCC(=O)N1CCN(c2cc(-c3noc(CO)n3)ccn2)CC1. The quantitative estimate of drug-likeness (QED) is 0.857. The number of rotatable bonds is 5. The molecule has 1 N–H and O–H groups in total. The first kappa shape index (κ1) is 19.3. The molecule has 1 amide bonds. The lowest BCUT2D eigenvalue weighted by Crippen LogP contribution is -2.49. The van der Waals surface area contributed by atoms with Gasteiger partial charge in [-0.15, -0.1) is 0 Å². The number of piperazine rings is 1. The minimum Gasteiger partial charge on any atom is -0.387 e. The fourth-order valence-electron chi connectivity index (χ4n) is 2.99. The molecule has 0 spiro atoms. The molecule has 0 saturated carbocycles. The number of nitrogens with zero attached hydrogens (tertiary/aromatic N) is 5. The summed E-state index contributed by atoms with van der Waals surface area (Å²) in [5.74, 6) is 1.67. The summed E-state index contributed by atoms with van der Waals surface area (Å²) in [6.07, 6.45) is 3.21.